The third-order valence-electron chi connectivity index (χ3n) is 5.00. The molecule has 30 heavy (non-hydrogen) atoms. The summed E-state index contributed by atoms with van der Waals surface area (Å²) in [5.74, 6) is 0. The molecule has 0 bridgehead atoms. The van der Waals surface area contributed by atoms with E-state index in [9.17, 15) is 0 Å². The van der Waals surface area contributed by atoms with Crippen LogP contribution in [-0.4, -0.2) is 9.52 Å². The second kappa shape index (κ2) is 15.3. The fraction of sp³-hybridized carbons (Fsp3) is 0.286. The molecule has 2 heteroatoms. The van der Waals surface area contributed by atoms with Crippen LogP contribution in [0, 0.1) is 26.0 Å². The summed E-state index contributed by atoms with van der Waals surface area (Å²) in [4.78, 5) is 0. The van der Waals surface area contributed by atoms with Crippen LogP contribution in [0.15, 0.2) is 84.0 Å². The van der Waals surface area contributed by atoms with Gasteiger partial charge in [0.2, 0.25) is 0 Å². The second-order valence-corrected chi connectivity index (χ2v) is 8.45. The summed E-state index contributed by atoms with van der Waals surface area (Å²) >= 11 is 0. The van der Waals surface area contributed by atoms with E-state index in [2.05, 4.69) is 101 Å². The second-order valence-electron chi connectivity index (χ2n) is 7.12. The van der Waals surface area contributed by atoms with Crippen molar-refractivity contribution < 1.29 is 26.2 Å². The first-order valence-electron chi connectivity index (χ1n) is 10.5. The van der Waals surface area contributed by atoms with E-state index in [-0.39, 0.29) is 26.2 Å². The molecule has 2 aromatic rings. The molecule has 2 aliphatic carbocycles. The van der Waals surface area contributed by atoms with Gasteiger partial charge in [-0.3, -0.25) is 12.2 Å². The van der Waals surface area contributed by atoms with Gasteiger partial charge < -0.3 is 0 Å². The van der Waals surface area contributed by atoms with Crippen molar-refractivity contribution in [1.82, 2.24) is 0 Å². The van der Waals surface area contributed by atoms with E-state index in [1.807, 2.05) is 12.2 Å². The Labute approximate surface area is 205 Å². The van der Waals surface area contributed by atoms with Gasteiger partial charge in [-0.2, -0.15) is 17.2 Å². The Bertz CT molecular complexity index is 834. The molecule has 0 heterocycles. The largest absolute Gasteiger partial charge is 2.00 e. The number of aryl methyl sites for hydroxylation is 2. The van der Waals surface area contributed by atoms with Crippen molar-refractivity contribution in [3.05, 3.63) is 107 Å². The molecular formula is C28H32SiZr. The minimum Gasteiger partial charge on any atom is -0.273 e. The maximum absolute atomic E-state index is 3.23. The smallest absolute Gasteiger partial charge is 0.273 e. The van der Waals surface area contributed by atoms with E-state index < -0.39 is 0 Å². The molecule has 0 aromatic heterocycles. The SMILES string of the molecule is CCC1=C(CC)C[C-]=C1.Cc1ccccc1[Si]c1ccccc1C.[C-]1=CC=CC1.[Zr+2]. The van der Waals surface area contributed by atoms with Gasteiger partial charge in [-0.25, -0.2) is 18.2 Å². The molecule has 0 N–H and O–H groups in total. The molecule has 0 unspecified atom stereocenters. The first kappa shape index (κ1) is 26.5. The Morgan fingerprint density at radius 1 is 0.833 bits per heavy atom. The van der Waals surface area contributed by atoms with Crippen molar-refractivity contribution in [3.63, 3.8) is 0 Å². The molecule has 0 saturated carbocycles. The standard InChI is InChI=1S/C14H14Si.C9H13.C5H5.Zr/c1-11-7-3-5-9-13(11)15-14-10-6-4-8-12(14)2;1-3-8-6-5-7-9(8)4-2;1-2-4-5-3-1;/h3-10H,1-2H3;6H,3-4,7H2,1-2H3;1-3H,4H2;/q;2*-1;+2. The predicted molar refractivity (Wildman–Crippen MR) is 129 cm³/mol. The zero-order valence-corrected chi connectivity index (χ0v) is 22.2. The average Bonchev–Trinajstić information content (AvgIpc) is 3.46. The monoisotopic (exact) mass is 486 g/mol. The molecule has 152 valence electrons. The molecule has 0 amide bonds. The summed E-state index contributed by atoms with van der Waals surface area (Å²) in [7, 11) is 0.774. The molecule has 2 aliphatic rings. The van der Waals surface area contributed by atoms with Gasteiger partial charge in [-0.15, -0.1) is 12.8 Å². The normalized spacial score (nSPS) is 13.3. The summed E-state index contributed by atoms with van der Waals surface area (Å²) in [6.07, 6.45) is 18.8. The molecule has 2 aromatic carbocycles. The van der Waals surface area contributed by atoms with Crippen molar-refractivity contribution in [3.8, 4) is 0 Å². The van der Waals surface area contributed by atoms with Crippen LogP contribution in [0.2, 0.25) is 0 Å². The van der Waals surface area contributed by atoms with Crippen LogP contribution in [-0.2, 0) is 26.2 Å². The summed E-state index contributed by atoms with van der Waals surface area (Å²) < 4.78 is 0. The molecule has 0 atom stereocenters. The third-order valence-corrected chi connectivity index (χ3v) is 6.66. The number of hydrogen-bond acceptors (Lipinski definition) is 0. The fourth-order valence-electron chi connectivity index (χ4n) is 3.13. The van der Waals surface area contributed by atoms with Gasteiger partial charge >= 0.3 is 26.2 Å². The Morgan fingerprint density at radius 3 is 1.80 bits per heavy atom. The number of allylic oxidation sites excluding steroid dienone is 8. The molecule has 2 radical (unpaired) electrons. The van der Waals surface area contributed by atoms with Crippen LogP contribution in [0.1, 0.15) is 50.7 Å². The Balaban J connectivity index is 0.000000254. The van der Waals surface area contributed by atoms with Gasteiger partial charge in [-0.05, 0) is 13.8 Å². The zero-order valence-electron chi connectivity index (χ0n) is 18.8. The van der Waals surface area contributed by atoms with Crippen molar-refractivity contribution in [1.29, 1.82) is 0 Å². The number of hydrogen-bond donors (Lipinski definition) is 0. The summed E-state index contributed by atoms with van der Waals surface area (Å²) in [6.45, 7) is 8.78. The van der Waals surface area contributed by atoms with Crippen LogP contribution in [0.5, 0.6) is 0 Å². The van der Waals surface area contributed by atoms with E-state index in [0.29, 0.717) is 0 Å². The molecule has 0 fully saturated rings. The molecule has 0 saturated heterocycles. The minimum atomic E-state index is 0. The van der Waals surface area contributed by atoms with E-state index in [1.54, 1.807) is 5.57 Å². The van der Waals surface area contributed by atoms with Gasteiger partial charge in [0, 0.05) is 0 Å². The maximum Gasteiger partial charge on any atom is 2.00 e. The van der Waals surface area contributed by atoms with Crippen molar-refractivity contribution in [2.75, 3.05) is 0 Å². The third kappa shape index (κ3) is 9.11. The summed E-state index contributed by atoms with van der Waals surface area (Å²) in [5.41, 5.74) is 5.87. The molecule has 0 aliphatic heterocycles. The number of benzene rings is 2. The van der Waals surface area contributed by atoms with Crippen molar-refractivity contribution in [2.45, 2.75) is 53.4 Å². The topological polar surface area (TPSA) is 0 Å². The maximum atomic E-state index is 3.23. The van der Waals surface area contributed by atoms with E-state index >= 15 is 0 Å². The van der Waals surface area contributed by atoms with Crippen LogP contribution in [0.3, 0.4) is 0 Å². The predicted octanol–water partition coefficient (Wildman–Crippen LogP) is 6.13. The average molecular weight is 488 g/mol. The van der Waals surface area contributed by atoms with E-state index in [0.717, 1.165) is 22.4 Å². The summed E-state index contributed by atoms with van der Waals surface area (Å²) in [5, 5.41) is 2.90. The first-order chi connectivity index (χ1) is 14.2. The molecule has 0 nitrogen and oxygen atoms in total. The van der Waals surface area contributed by atoms with E-state index in [4.69, 9.17) is 0 Å². The quantitative estimate of drug-likeness (QED) is 0.359. The zero-order chi connectivity index (χ0) is 20.9. The Kier molecular flexibility index (Phi) is 13.6. The van der Waals surface area contributed by atoms with Crippen LogP contribution < -0.4 is 10.4 Å². The Morgan fingerprint density at radius 2 is 1.43 bits per heavy atom. The Hall–Kier alpha value is -1.50. The van der Waals surface area contributed by atoms with Gasteiger partial charge in [0.05, 0.1) is 0 Å². The van der Waals surface area contributed by atoms with Gasteiger partial charge in [-0.1, -0.05) is 96.7 Å². The summed E-state index contributed by atoms with van der Waals surface area (Å²) in [6, 6.07) is 17.2. The van der Waals surface area contributed by atoms with Gasteiger partial charge in [0.25, 0.3) is 0 Å². The van der Waals surface area contributed by atoms with Crippen LogP contribution in [0.25, 0.3) is 0 Å². The first-order valence-corrected chi connectivity index (χ1v) is 11.5. The molecular weight excluding hydrogens is 456 g/mol. The molecule has 0 spiro atoms. The van der Waals surface area contributed by atoms with Crippen molar-refractivity contribution in [2.24, 2.45) is 0 Å². The minimum absolute atomic E-state index is 0. The van der Waals surface area contributed by atoms with Crippen molar-refractivity contribution >= 4 is 19.9 Å². The van der Waals surface area contributed by atoms with Crippen LogP contribution in [0.4, 0.5) is 0 Å². The number of rotatable bonds is 4. The van der Waals surface area contributed by atoms with Gasteiger partial charge in [0.1, 0.15) is 9.52 Å². The van der Waals surface area contributed by atoms with Gasteiger partial charge in [0.15, 0.2) is 0 Å². The van der Waals surface area contributed by atoms with E-state index in [1.165, 1.54) is 39.9 Å². The molecule has 4 rings (SSSR count). The van der Waals surface area contributed by atoms with Crippen LogP contribution >= 0.6 is 0 Å². The fourth-order valence-corrected chi connectivity index (χ4v) is 4.34.